The van der Waals surface area contributed by atoms with Gasteiger partial charge in [0.1, 0.15) is 0 Å². The number of nitrogens with two attached hydrogens (primary N) is 1. The molecule has 0 unspecified atom stereocenters. The van der Waals surface area contributed by atoms with Crippen LogP contribution in [0.5, 0.6) is 0 Å². The van der Waals surface area contributed by atoms with E-state index in [1.54, 1.807) is 0 Å². The van der Waals surface area contributed by atoms with Gasteiger partial charge in [0.2, 0.25) is 5.91 Å². The first-order valence-electron chi connectivity index (χ1n) is 5.60. The van der Waals surface area contributed by atoms with Crippen molar-refractivity contribution in [2.24, 2.45) is 5.73 Å². The fraction of sp³-hybridized carbons (Fsp3) is 0.462. The zero-order valence-electron chi connectivity index (χ0n) is 10.5. The maximum absolute atomic E-state index is 11.8. The minimum Gasteiger partial charge on any atom is -0.350 e. The zero-order chi connectivity index (χ0) is 13.1. The summed E-state index contributed by atoms with van der Waals surface area (Å²) < 4.78 is 0. The van der Waals surface area contributed by atoms with Gasteiger partial charge in [0.25, 0.3) is 0 Å². The highest BCUT2D eigenvalue weighted by Gasteiger charge is 2.18. The smallest absolute Gasteiger partial charge is 0.224 e. The Morgan fingerprint density at radius 1 is 1.47 bits per heavy atom. The Morgan fingerprint density at radius 2 is 2.12 bits per heavy atom. The molecule has 1 aromatic rings. The monoisotopic (exact) mass is 254 g/mol. The summed E-state index contributed by atoms with van der Waals surface area (Å²) in [5.41, 5.74) is 7.11. The van der Waals surface area contributed by atoms with Crippen LogP contribution in [0, 0.1) is 6.92 Å². The first kappa shape index (κ1) is 14.0. The molecule has 3 N–H and O–H groups in total. The Labute approximate surface area is 107 Å². The van der Waals surface area contributed by atoms with E-state index in [1.807, 2.05) is 39.0 Å². The summed E-state index contributed by atoms with van der Waals surface area (Å²) in [6.07, 6.45) is 0.323. The summed E-state index contributed by atoms with van der Waals surface area (Å²) >= 11 is 6.01. The van der Waals surface area contributed by atoms with E-state index < -0.39 is 0 Å². The highest BCUT2D eigenvalue weighted by molar-refractivity contribution is 6.31. The number of hydrogen-bond acceptors (Lipinski definition) is 2. The lowest BCUT2D eigenvalue weighted by atomic mass is 10.0. The molecule has 1 amide bonds. The van der Waals surface area contributed by atoms with Crippen molar-refractivity contribution in [2.75, 3.05) is 6.54 Å². The number of carbonyl (C=O) groups excluding carboxylic acids is 1. The Hall–Kier alpha value is -1.06. The lowest BCUT2D eigenvalue weighted by Crippen LogP contribution is -2.49. The molecule has 1 rings (SSSR count). The molecule has 0 saturated heterocycles. The maximum atomic E-state index is 11.8. The average molecular weight is 255 g/mol. The van der Waals surface area contributed by atoms with E-state index in [-0.39, 0.29) is 11.4 Å². The van der Waals surface area contributed by atoms with Crippen LogP contribution in [0.1, 0.15) is 25.0 Å². The van der Waals surface area contributed by atoms with Crippen molar-refractivity contribution in [3.8, 4) is 0 Å². The largest absolute Gasteiger partial charge is 0.350 e. The molecular weight excluding hydrogens is 236 g/mol. The van der Waals surface area contributed by atoms with Crippen molar-refractivity contribution in [2.45, 2.75) is 32.7 Å². The van der Waals surface area contributed by atoms with Crippen LogP contribution in [0.3, 0.4) is 0 Å². The van der Waals surface area contributed by atoms with Gasteiger partial charge < -0.3 is 11.1 Å². The van der Waals surface area contributed by atoms with Crippen molar-refractivity contribution < 1.29 is 4.79 Å². The number of rotatable bonds is 4. The summed E-state index contributed by atoms with van der Waals surface area (Å²) in [4.78, 5) is 11.8. The highest BCUT2D eigenvalue weighted by atomic mass is 35.5. The molecule has 94 valence electrons. The first-order chi connectivity index (χ1) is 7.84. The number of halogens is 1. The molecule has 0 aromatic heterocycles. The molecule has 0 atom stereocenters. The van der Waals surface area contributed by atoms with Gasteiger partial charge in [-0.1, -0.05) is 23.7 Å². The van der Waals surface area contributed by atoms with Crippen LogP contribution >= 0.6 is 11.6 Å². The lowest BCUT2D eigenvalue weighted by Gasteiger charge is -2.24. The predicted molar refractivity (Wildman–Crippen MR) is 71.2 cm³/mol. The number of benzene rings is 1. The second kappa shape index (κ2) is 5.52. The Bertz CT molecular complexity index is 416. The molecular formula is C13H19ClN2O. The Kier molecular flexibility index (Phi) is 4.54. The van der Waals surface area contributed by atoms with Gasteiger partial charge >= 0.3 is 0 Å². The van der Waals surface area contributed by atoms with E-state index in [4.69, 9.17) is 17.3 Å². The van der Waals surface area contributed by atoms with Gasteiger partial charge in [0, 0.05) is 17.1 Å². The lowest BCUT2D eigenvalue weighted by molar-refractivity contribution is -0.121. The van der Waals surface area contributed by atoms with Gasteiger partial charge in [0.15, 0.2) is 0 Å². The summed E-state index contributed by atoms with van der Waals surface area (Å²) in [6, 6.07) is 5.65. The van der Waals surface area contributed by atoms with Crippen molar-refractivity contribution in [1.82, 2.24) is 5.32 Å². The topological polar surface area (TPSA) is 55.1 Å². The maximum Gasteiger partial charge on any atom is 0.224 e. The first-order valence-corrected chi connectivity index (χ1v) is 5.98. The van der Waals surface area contributed by atoms with Gasteiger partial charge in [-0.25, -0.2) is 0 Å². The van der Waals surface area contributed by atoms with E-state index in [2.05, 4.69) is 5.32 Å². The number of aryl methyl sites for hydroxylation is 1. The van der Waals surface area contributed by atoms with Gasteiger partial charge in [0.05, 0.1) is 6.42 Å². The standard InChI is InChI=1S/C13H19ClN2O/c1-9-4-5-10(6-11(9)14)7-12(17)16-13(2,3)8-15/h4-6H,7-8,15H2,1-3H3,(H,16,17). The van der Waals surface area contributed by atoms with Gasteiger partial charge in [-0.2, -0.15) is 0 Å². The normalized spacial score (nSPS) is 11.4. The molecule has 0 fully saturated rings. The molecule has 0 bridgehead atoms. The minimum atomic E-state index is -0.369. The third-order valence-corrected chi connectivity index (χ3v) is 3.00. The summed E-state index contributed by atoms with van der Waals surface area (Å²) in [6.45, 7) is 6.14. The van der Waals surface area contributed by atoms with Crippen LogP contribution in [0.15, 0.2) is 18.2 Å². The summed E-state index contributed by atoms with van der Waals surface area (Å²) in [7, 11) is 0. The molecule has 3 nitrogen and oxygen atoms in total. The third-order valence-electron chi connectivity index (χ3n) is 2.59. The van der Waals surface area contributed by atoms with E-state index >= 15 is 0 Å². The van der Waals surface area contributed by atoms with E-state index in [1.165, 1.54) is 0 Å². The average Bonchev–Trinajstić information content (AvgIpc) is 2.23. The number of hydrogen-bond donors (Lipinski definition) is 2. The van der Waals surface area contributed by atoms with E-state index in [0.717, 1.165) is 11.1 Å². The molecule has 17 heavy (non-hydrogen) atoms. The number of amides is 1. The van der Waals surface area contributed by atoms with Crippen LogP contribution in [0.2, 0.25) is 5.02 Å². The molecule has 0 heterocycles. The zero-order valence-corrected chi connectivity index (χ0v) is 11.3. The second-order valence-electron chi connectivity index (χ2n) is 4.90. The summed E-state index contributed by atoms with van der Waals surface area (Å²) in [5, 5.41) is 3.57. The van der Waals surface area contributed by atoms with Crippen molar-refractivity contribution in [3.63, 3.8) is 0 Å². The van der Waals surface area contributed by atoms with E-state index in [0.29, 0.717) is 18.0 Å². The van der Waals surface area contributed by atoms with Gasteiger partial charge in [-0.3, -0.25) is 4.79 Å². The van der Waals surface area contributed by atoms with Crippen LogP contribution < -0.4 is 11.1 Å². The number of nitrogens with one attached hydrogen (secondary N) is 1. The molecule has 0 radical (unpaired) electrons. The van der Waals surface area contributed by atoms with Gasteiger partial charge in [-0.05, 0) is 38.0 Å². The second-order valence-corrected chi connectivity index (χ2v) is 5.30. The highest BCUT2D eigenvalue weighted by Crippen LogP contribution is 2.17. The van der Waals surface area contributed by atoms with Crippen molar-refractivity contribution in [1.29, 1.82) is 0 Å². The van der Waals surface area contributed by atoms with Crippen LogP contribution in [-0.2, 0) is 11.2 Å². The fourth-order valence-corrected chi connectivity index (χ4v) is 1.61. The quantitative estimate of drug-likeness (QED) is 0.864. The molecule has 4 heteroatoms. The van der Waals surface area contributed by atoms with Crippen molar-refractivity contribution in [3.05, 3.63) is 34.3 Å². The molecule has 0 saturated carbocycles. The molecule has 0 spiro atoms. The molecule has 0 aliphatic heterocycles. The van der Waals surface area contributed by atoms with Crippen LogP contribution in [0.4, 0.5) is 0 Å². The van der Waals surface area contributed by atoms with Gasteiger partial charge in [-0.15, -0.1) is 0 Å². The van der Waals surface area contributed by atoms with Crippen molar-refractivity contribution >= 4 is 17.5 Å². The molecule has 1 aromatic carbocycles. The predicted octanol–water partition coefficient (Wildman–Crippen LogP) is 2.04. The van der Waals surface area contributed by atoms with Crippen LogP contribution in [-0.4, -0.2) is 18.0 Å². The number of carbonyl (C=O) groups is 1. The molecule has 0 aliphatic carbocycles. The van der Waals surface area contributed by atoms with E-state index in [9.17, 15) is 4.79 Å². The fourth-order valence-electron chi connectivity index (χ4n) is 1.40. The molecule has 0 aliphatic rings. The third kappa shape index (κ3) is 4.36. The minimum absolute atomic E-state index is 0.0413. The summed E-state index contributed by atoms with van der Waals surface area (Å²) in [5.74, 6) is -0.0413. The Morgan fingerprint density at radius 3 is 2.65 bits per heavy atom. The van der Waals surface area contributed by atoms with Crippen LogP contribution in [0.25, 0.3) is 0 Å². The SMILES string of the molecule is Cc1ccc(CC(=O)NC(C)(C)CN)cc1Cl. The Balaban J connectivity index is 2.65.